The Morgan fingerprint density at radius 3 is 0.895 bits per heavy atom. The van der Waals surface area contributed by atoms with Crippen LogP contribution >= 0.6 is 8.60 Å². The zero-order valence-electron chi connectivity index (χ0n) is 11.6. The van der Waals surface area contributed by atoms with Gasteiger partial charge in [0.15, 0.2) is 0 Å². The minimum atomic E-state index is -1.06. The predicted octanol–water partition coefficient (Wildman–Crippen LogP) is 1.58. The third-order valence-electron chi connectivity index (χ3n) is 0.704. The fraction of sp³-hybridized carbons (Fsp3) is 0.600. The first-order valence-corrected chi connectivity index (χ1v) is 5.79. The molecule has 0 rings (SSSR count). The average molecular weight is 387 g/mol. The topological polar surface area (TPSA) is 96.0 Å². The van der Waals surface area contributed by atoms with Crippen LogP contribution in [0.4, 0.5) is 0 Å². The van der Waals surface area contributed by atoms with Crippen LogP contribution in [-0.4, -0.2) is 47.0 Å². The standard InChI is InChI=1S/C6H15O3P.4CH2O.Ru/c1-4-7-10(8-5-2)9-6-3;4*1-2;/h4-6H2,1-3H3;4*1H2;. The number of carbonyl (C=O) groups excluding carboxylic acids is 4. The van der Waals surface area contributed by atoms with Gasteiger partial charge in [-0.1, -0.05) is 0 Å². The van der Waals surface area contributed by atoms with Crippen LogP contribution in [0.2, 0.25) is 0 Å². The molecule has 0 unspecified atom stereocenters. The minimum absolute atomic E-state index is 0. The maximum absolute atomic E-state index is 8.00. The van der Waals surface area contributed by atoms with E-state index < -0.39 is 8.60 Å². The summed E-state index contributed by atoms with van der Waals surface area (Å²) in [6, 6.07) is 0. The Kier molecular flexibility index (Phi) is 125. The van der Waals surface area contributed by atoms with Gasteiger partial charge in [0, 0.05) is 19.5 Å². The molecule has 0 atom stereocenters. The molecule has 0 aliphatic carbocycles. The van der Waals surface area contributed by atoms with Gasteiger partial charge in [-0.05, 0) is 20.8 Å². The van der Waals surface area contributed by atoms with Gasteiger partial charge < -0.3 is 32.7 Å². The summed E-state index contributed by atoms with van der Waals surface area (Å²) in [5.41, 5.74) is 0. The van der Waals surface area contributed by atoms with Gasteiger partial charge in [-0.3, -0.25) is 0 Å². The first-order valence-electron chi connectivity index (χ1n) is 4.69. The van der Waals surface area contributed by atoms with Crippen molar-refractivity contribution in [1.29, 1.82) is 0 Å². The molecule has 0 bridgehead atoms. The molecule has 0 radical (unpaired) electrons. The van der Waals surface area contributed by atoms with Crippen molar-refractivity contribution in [1.82, 2.24) is 0 Å². The molecule has 118 valence electrons. The molecule has 9 heteroatoms. The van der Waals surface area contributed by atoms with Crippen LogP contribution in [0.1, 0.15) is 20.8 Å². The number of carbonyl (C=O) groups is 4. The molecule has 0 N–H and O–H groups in total. The second-order valence-electron chi connectivity index (χ2n) is 1.48. The molecule has 7 nitrogen and oxygen atoms in total. The molecule has 0 amide bonds. The van der Waals surface area contributed by atoms with Crippen molar-refractivity contribution in [2.24, 2.45) is 0 Å². The Morgan fingerprint density at radius 2 is 0.789 bits per heavy atom. The van der Waals surface area contributed by atoms with Crippen LogP contribution in [0.25, 0.3) is 0 Å². The van der Waals surface area contributed by atoms with Gasteiger partial charge in [0.1, 0.15) is 27.2 Å². The fourth-order valence-corrected chi connectivity index (χ4v) is 1.28. The molecule has 19 heavy (non-hydrogen) atoms. The Balaban J connectivity index is -0.0000000401. The summed E-state index contributed by atoms with van der Waals surface area (Å²) in [6.45, 7) is 15.7. The Morgan fingerprint density at radius 1 is 0.632 bits per heavy atom. The second kappa shape index (κ2) is 65.5. The van der Waals surface area contributed by atoms with Crippen molar-refractivity contribution in [2.75, 3.05) is 19.8 Å². The van der Waals surface area contributed by atoms with Crippen LogP contribution in [0.3, 0.4) is 0 Å². The Hall–Kier alpha value is -0.387. The Labute approximate surface area is 129 Å². The van der Waals surface area contributed by atoms with Crippen molar-refractivity contribution >= 4 is 35.8 Å². The molecule has 0 aromatic carbocycles. The summed E-state index contributed by atoms with van der Waals surface area (Å²) in [5, 5.41) is 0. The minimum Gasteiger partial charge on any atom is -0.313 e. The summed E-state index contributed by atoms with van der Waals surface area (Å²) in [7, 11) is -1.06. The van der Waals surface area contributed by atoms with E-state index in [-0.39, 0.29) is 19.5 Å². The van der Waals surface area contributed by atoms with E-state index in [0.717, 1.165) is 0 Å². The molecule has 0 spiro atoms. The van der Waals surface area contributed by atoms with Crippen molar-refractivity contribution in [3.05, 3.63) is 0 Å². The third kappa shape index (κ3) is 57.9. The van der Waals surface area contributed by atoms with Gasteiger partial charge in [-0.15, -0.1) is 0 Å². The van der Waals surface area contributed by atoms with E-state index in [0.29, 0.717) is 19.8 Å². The molecule has 0 heterocycles. The molecule has 0 aliphatic rings. The molecule has 0 saturated carbocycles. The summed E-state index contributed by atoms with van der Waals surface area (Å²) in [6.07, 6.45) is 0. The van der Waals surface area contributed by atoms with E-state index in [9.17, 15) is 0 Å². The molecular formula is C10H23O7PRu. The number of rotatable bonds is 6. The second-order valence-corrected chi connectivity index (χ2v) is 2.70. The van der Waals surface area contributed by atoms with Gasteiger partial charge in [-0.25, -0.2) is 0 Å². The largest absolute Gasteiger partial charge is 0.332 e. The fourth-order valence-electron chi connectivity index (χ4n) is 0.428. The van der Waals surface area contributed by atoms with E-state index in [4.69, 9.17) is 32.7 Å². The zero-order chi connectivity index (χ0) is 15.8. The van der Waals surface area contributed by atoms with Gasteiger partial charge in [-0.2, -0.15) is 0 Å². The van der Waals surface area contributed by atoms with Crippen LogP contribution in [-0.2, 0) is 52.2 Å². The average Bonchev–Trinajstić information content (AvgIpc) is 2.48. The van der Waals surface area contributed by atoms with Crippen molar-refractivity contribution in [3.63, 3.8) is 0 Å². The quantitative estimate of drug-likeness (QED) is 0.504. The summed E-state index contributed by atoms with van der Waals surface area (Å²) in [5.74, 6) is 0. The molecule has 0 aliphatic heterocycles. The predicted molar refractivity (Wildman–Crippen MR) is 70.3 cm³/mol. The smallest absolute Gasteiger partial charge is 0.313 e. The normalized spacial score (nSPS) is 6.53. The van der Waals surface area contributed by atoms with Crippen molar-refractivity contribution in [3.8, 4) is 0 Å². The van der Waals surface area contributed by atoms with E-state index in [2.05, 4.69) is 0 Å². The van der Waals surface area contributed by atoms with Crippen molar-refractivity contribution in [2.45, 2.75) is 20.8 Å². The van der Waals surface area contributed by atoms with Crippen LogP contribution in [0.15, 0.2) is 0 Å². The van der Waals surface area contributed by atoms with Gasteiger partial charge in [0.2, 0.25) is 0 Å². The first-order chi connectivity index (χ1) is 8.85. The number of hydrogen-bond donors (Lipinski definition) is 0. The maximum Gasteiger partial charge on any atom is 0.332 e. The molecule has 0 fully saturated rings. The van der Waals surface area contributed by atoms with Crippen LogP contribution < -0.4 is 0 Å². The van der Waals surface area contributed by atoms with Crippen molar-refractivity contribution < 1.29 is 52.2 Å². The van der Waals surface area contributed by atoms with Crippen LogP contribution in [0.5, 0.6) is 0 Å². The summed E-state index contributed by atoms with van der Waals surface area (Å²) >= 11 is 0. The number of hydrogen-bond acceptors (Lipinski definition) is 7. The Bertz CT molecular complexity index is 102. The van der Waals surface area contributed by atoms with E-state index in [1.807, 2.05) is 47.9 Å². The van der Waals surface area contributed by atoms with E-state index in [1.54, 1.807) is 0 Å². The summed E-state index contributed by atoms with van der Waals surface area (Å²) < 4.78 is 15.4. The zero-order valence-corrected chi connectivity index (χ0v) is 14.2. The van der Waals surface area contributed by atoms with Crippen LogP contribution in [0, 0.1) is 0 Å². The van der Waals surface area contributed by atoms with Gasteiger partial charge in [0.05, 0.1) is 19.8 Å². The summed E-state index contributed by atoms with van der Waals surface area (Å²) in [4.78, 5) is 32.0. The SMILES string of the molecule is C=O.C=O.C=O.C=O.CCOP(OCC)OCC.[Ru]. The third-order valence-corrected chi connectivity index (χ3v) is 2.11. The molecular weight excluding hydrogens is 364 g/mol. The molecule has 0 aromatic heterocycles. The maximum atomic E-state index is 8.00. The molecule has 0 saturated heterocycles. The van der Waals surface area contributed by atoms with Gasteiger partial charge >= 0.3 is 8.60 Å². The van der Waals surface area contributed by atoms with E-state index in [1.165, 1.54) is 0 Å². The van der Waals surface area contributed by atoms with Gasteiger partial charge in [0.25, 0.3) is 0 Å². The monoisotopic (exact) mass is 388 g/mol. The molecule has 0 aromatic rings. The van der Waals surface area contributed by atoms with E-state index >= 15 is 0 Å². The first kappa shape index (κ1) is 36.3.